The maximum atomic E-state index is 12.9. The maximum Gasteiger partial charge on any atom is 0.251 e. The summed E-state index contributed by atoms with van der Waals surface area (Å²) in [5, 5.41) is 6.84. The Morgan fingerprint density at radius 3 is 2.60 bits per heavy atom. The lowest BCUT2D eigenvalue weighted by molar-refractivity contribution is 0.0896. The highest BCUT2D eigenvalue weighted by Crippen LogP contribution is 2.21. The van der Waals surface area contributed by atoms with Crippen molar-refractivity contribution in [2.24, 2.45) is 0 Å². The number of benzene rings is 2. The number of aromatic nitrogens is 2. The zero-order valence-electron chi connectivity index (χ0n) is 15.4. The standard InChI is InChI=1S/C22H26N2O/c1-4-5-6-13-20-16(2)23-24(17(20)3)22(25)15-19-12-9-11-18-10-7-8-14-21(18)19/h7-12,14H,4-6,13,15H2,1-3H3. The average Bonchev–Trinajstić information content (AvgIpc) is 2.90. The Morgan fingerprint density at radius 2 is 1.80 bits per heavy atom. The van der Waals surface area contributed by atoms with Crippen molar-refractivity contribution < 1.29 is 4.79 Å². The Hall–Kier alpha value is -2.42. The zero-order chi connectivity index (χ0) is 17.8. The number of nitrogens with zero attached hydrogens (tertiary/aromatic N) is 2. The minimum absolute atomic E-state index is 0.0405. The molecule has 0 atom stereocenters. The van der Waals surface area contributed by atoms with E-state index in [2.05, 4.69) is 30.2 Å². The lowest BCUT2D eigenvalue weighted by atomic mass is 10.0. The fourth-order valence-corrected chi connectivity index (χ4v) is 3.52. The van der Waals surface area contributed by atoms with Crippen molar-refractivity contribution in [1.29, 1.82) is 0 Å². The van der Waals surface area contributed by atoms with Crippen molar-refractivity contribution in [3.63, 3.8) is 0 Å². The van der Waals surface area contributed by atoms with E-state index in [1.54, 1.807) is 4.68 Å². The smallest absolute Gasteiger partial charge is 0.251 e. The van der Waals surface area contributed by atoms with Crippen LogP contribution in [0.3, 0.4) is 0 Å². The summed E-state index contributed by atoms with van der Waals surface area (Å²) in [6.45, 7) is 6.23. The number of carbonyl (C=O) groups is 1. The van der Waals surface area contributed by atoms with E-state index in [9.17, 15) is 4.79 Å². The lowest BCUT2D eigenvalue weighted by Gasteiger charge is -2.08. The summed E-state index contributed by atoms with van der Waals surface area (Å²) < 4.78 is 1.61. The van der Waals surface area contributed by atoms with Crippen LogP contribution in [0.25, 0.3) is 10.8 Å². The molecule has 0 aliphatic rings. The third-order valence-corrected chi connectivity index (χ3v) is 4.93. The van der Waals surface area contributed by atoms with Crippen LogP contribution in [-0.4, -0.2) is 15.7 Å². The van der Waals surface area contributed by atoms with Crippen LogP contribution in [0.5, 0.6) is 0 Å². The third-order valence-electron chi connectivity index (χ3n) is 4.93. The number of hydrogen-bond acceptors (Lipinski definition) is 2. The Kier molecular flexibility index (Phi) is 5.32. The van der Waals surface area contributed by atoms with Crippen LogP contribution in [0.1, 0.15) is 53.5 Å². The van der Waals surface area contributed by atoms with Gasteiger partial charge in [0, 0.05) is 5.69 Å². The van der Waals surface area contributed by atoms with Crippen molar-refractivity contribution in [3.05, 3.63) is 65.0 Å². The van der Waals surface area contributed by atoms with Crippen LogP contribution in [0.4, 0.5) is 0 Å². The van der Waals surface area contributed by atoms with Crippen LogP contribution in [-0.2, 0) is 12.8 Å². The maximum absolute atomic E-state index is 12.9. The van der Waals surface area contributed by atoms with Gasteiger partial charge in [-0.15, -0.1) is 0 Å². The monoisotopic (exact) mass is 334 g/mol. The van der Waals surface area contributed by atoms with Gasteiger partial charge in [0.15, 0.2) is 0 Å². The Morgan fingerprint density at radius 1 is 1.04 bits per heavy atom. The second kappa shape index (κ2) is 7.64. The van der Waals surface area contributed by atoms with Gasteiger partial charge in [-0.2, -0.15) is 5.10 Å². The molecule has 0 saturated heterocycles. The molecular weight excluding hydrogens is 308 g/mol. The fraction of sp³-hybridized carbons (Fsp3) is 0.364. The van der Waals surface area contributed by atoms with E-state index in [1.165, 1.54) is 23.8 Å². The van der Waals surface area contributed by atoms with Crippen molar-refractivity contribution in [2.75, 3.05) is 0 Å². The van der Waals surface area contributed by atoms with E-state index >= 15 is 0 Å². The molecule has 25 heavy (non-hydrogen) atoms. The van der Waals surface area contributed by atoms with E-state index in [4.69, 9.17) is 0 Å². The van der Waals surface area contributed by atoms with Crippen molar-refractivity contribution in [1.82, 2.24) is 9.78 Å². The molecule has 0 unspecified atom stereocenters. The number of hydrogen-bond donors (Lipinski definition) is 0. The number of unbranched alkanes of at least 4 members (excludes halogenated alkanes) is 2. The highest BCUT2D eigenvalue weighted by molar-refractivity contribution is 5.91. The first-order valence-electron chi connectivity index (χ1n) is 9.16. The molecular formula is C22H26N2O. The van der Waals surface area contributed by atoms with Gasteiger partial charge < -0.3 is 0 Å². The van der Waals surface area contributed by atoms with E-state index in [0.29, 0.717) is 6.42 Å². The van der Waals surface area contributed by atoms with Crippen molar-refractivity contribution in [3.8, 4) is 0 Å². The van der Waals surface area contributed by atoms with Gasteiger partial charge in [-0.05, 0) is 48.6 Å². The molecule has 3 aromatic rings. The average molecular weight is 334 g/mol. The van der Waals surface area contributed by atoms with E-state index in [1.807, 2.05) is 38.1 Å². The molecule has 0 fully saturated rings. The lowest BCUT2D eigenvalue weighted by Crippen LogP contribution is -2.17. The van der Waals surface area contributed by atoms with Crippen LogP contribution in [0, 0.1) is 13.8 Å². The molecule has 3 nitrogen and oxygen atoms in total. The van der Waals surface area contributed by atoms with Crippen LogP contribution in [0.15, 0.2) is 42.5 Å². The van der Waals surface area contributed by atoms with E-state index in [0.717, 1.165) is 35.2 Å². The summed E-state index contributed by atoms with van der Waals surface area (Å²) in [6, 6.07) is 14.3. The minimum atomic E-state index is 0.0405. The first-order valence-corrected chi connectivity index (χ1v) is 9.16. The SMILES string of the molecule is CCCCCc1c(C)nn(C(=O)Cc2cccc3ccccc23)c1C. The number of aryl methyl sites for hydroxylation is 1. The minimum Gasteiger partial charge on any atom is -0.272 e. The molecule has 1 heterocycles. The molecule has 0 radical (unpaired) electrons. The summed E-state index contributed by atoms with van der Waals surface area (Å²) in [7, 11) is 0. The quantitative estimate of drug-likeness (QED) is 0.576. The summed E-state index contributed by atoms with van der Waals surface area (Å²) in [5.74, 6) is 0.0405. The molecule has 0 aliphatic carbocycles. The normalized spacial score (nSPS) is 11.2. The van der Waals surface area contributed by atoms with Gasteiger partial charge in [0.2, 0.25) is 0 Å². The Bertz CT molecular complexity index is 887. The summed E-state index contributed by atoms with van der Waals surface area (Å²) in [4.78, 5) is 12.9. The second-order valence-electron chi connectivity index (χ2n) is 6.73. The largest absolute Gasteiger partial charge is 0.272 e. The van der Waals surface area contributed by atoms with E-state index in [-0.39, 0.29) is 5.91 Å². The number of carbonyl (C=O) groups excluding carboxylic acids is 1. The molecule has 0 amide bonds. The van der Waals surface area contributed by atoms with Gasteiger partial charge >= 0.3 is 0 Å². The molecule has 0 spiro atoms. The van der Waals surface area contributed by atoms with Gasteiger partial charge in [0.25, 0.3) is 5.91 Å². The van der Waals surface area contributed by atoms with Gasteiger partial charge in [-0.25, -0.2) is 4.68 Å². The van der Waals surface area contributed by atoms with Crippen LogP contribution in [0.2, 0.25) is 0 Å². The predicted octanol–water partition coefficient (Wildman–Crippen LogP) is 5.27. The molecule has 0 aliphatic heterocycles. The van der Waals surface area contributed by atoms with Crippen LogP contribution < -0.4 is 0 Å². The van der Waals surface area contributed by atoms with E-state index < -0.39 is 0 Å². The summed E-state index contributed by atoms with van der Waals surface area (Å²) in [5.41, 5.74) is 4.28. The second-order valence-corrected chi connectivity index (χ2v) is 6.73. The van der Waals surface area contributed by atoms with Gasteiger partial charge in [0.05, 0.1) is 12.1 Å². The summed E-state index contributed by atoms with van der Waals surface area (Å²) >= 11 is 0. The third kappa shape index (κ3) is 3.65. The van der Waals surface area contributed by atoms with Crippen LogP contribution >= 0.6 is 0 Å². The molecule has 1 aromatic heterocycles. The molecule has 130 valence electrons. The zero-order valence-corrected chi connectivity index (χ0v) is 15.4. The molecule has 2 aromatic carbocycles. The topological polar surface area (TPSA) is 34.9 Å². The van der Waals surface area contributed by atoms with Gasteiger partial charge in [0.1, 0.15) is 0 Å². The highest BCUT2D eigenvalue weighted by Gasteiger charge is 2.17. The highest BCUT2D eigenvalue weighted by atomic mass is 16.2. The Labute approximate surface area is 149 Å². The van der Waals surface area contributed by atoms with Crippen molar-refractivity contribution in [2.45, 2.75) is 52.9 Å². The van der Waals surface area contributed by atoms with Crippen molar-refractivity contribution >= 4 is 16.7 Å². The van der Waals surface area contributed by atoms with Gasteiger partial charge in [-0.1, -0.05) is 62.2 Å². The number of rotatable bonds is 6. The first-order chi connectivity index (χ1) is 12.1. The molecule has 0 bridgehead atoms. The first kappa shape index (κ1) is 17.4. The Balaban J connectivity index is 1.85. The molecule has 0 N–H and O–H groups in total. The fourth-order valence-electron chi connectivity index (χ4n) is 3.52. The van der Waals surface area contributed by atoms with Gasteiger partial charge in [-0.3, -0.25) is 4.79 Å². The molecule has 3 heteroatoms. The predicted molar refractivity (Wildman–Crippen MR) is 103 cm³/mol. The molecule has 0 saturated carbocycles. The number of fused-ring (bicyclic) bond motifs is 1. The summed E-state index contributed by atoms with van der Waals surface area (Å²) in [6.07, 6.45) is 4.95. The molecule has 3 rings (SSSR count).